The first-order valence-electron chi connectivity index (χ1n) is 12.6. The molecule has 1 aromatic carbocycles. The van der Waals surface area contributed by atoms with E-state index in [4.69, 9.17) is 29.2 Å². The molecule has 224 valence electrons. The van der Waals surface area contributed by atoms with Crippen LogP contribution < -0.4 is 4.74 Å². The molecule has 2 heterocycles. The van der Waals surface area contributed by atoms with Gasteiger partial charge in [0.25, 0.3) is 0 Å². The third-order valence-electron chi connectivity index (χ3n) is 8.02. The van der Waals surface area contributed by atoms with Crippen LogP contribution in [-0.2, 0) is 40.5 Å². The molecule has 0 aromatic heterocycles. The quantitative estimate of drug-likeness (QED) is 0.354. The molecule has 0 radical (unpaired) electrons. The summed E-state index contributed by atoms with van der Waals surface area (Å²) >= 11 is 0. The fourth-order valence-corrected chi connectivity index (χ4v) is 6.13. The Balaban J connectivity index is 0.000000493. The van der Waals surface area contributed by atoms with Crippen molar-refractivity contribution in [3.05, 3.63) is 35.1 Å². The van der Waals surface area contributed by atoms with E-state index in [1.54, 1.807) is 12.1 Å². The van der Waals surface area contributed by atoms with Gasteiger partial charge in [-0.05, 0) is 51.1 Å². The maximum Gasteiger partial charge on any atom is 0.490 e. The molecule has 41 heavy (non-hydrogen) atoms. The van der Waals surface area contributed by atoms with E-state index in [2.05, 4.69) is 4.90 Å². The molecule has 12 nitrogen and oxygen atoms in total. The average molecular weight is 588 g/mol. The van der Waals surface area contributed by atoms with Crippen LogP contribution in [0, 0.1) is 0 Å². The van der Waals surface area contributed by atoms with Crippen molar-refractivity contribution in [1.82, 2.24) is 4.90 Å². The van der Waals surface area contributed by atoms with Crippen molar-refractivity contribution in [3.63, 3.8) is 0 Å². The lowest BCUT2D eigenvalue weighted by molar-refractivity contribution is -0.192. The highest BCUT2D eigenvalue weighted by Crippen LogP contribution is 2.65. The zero-order valence-electron chi connectivity index (χ0n) is 21.9. The summed E-state index contributed by atoms with van der Waals surface area (Å²) in [4.78, 5) is 46.2. The number of benzene rings is 1. The molecule has 5 atom stereocenters. The molecular weight excluding hydrogens is 559 g/mol. The number of carboxylic acids is 2. The number of carbonyl (C=O) groups is 4. The van der Waals surface area contributed by atoms with Gasteiger partial charge in [-0.25, -0.2) is 9.59 Å². The number of esters is 2. The highest BCUT2D eigenvalue weighted by molar-refractivity contribution is 5.81. The van der Waals surface area contributed by atoms with Crippen LogP contribution in [0.5, 0.6) is 11.5 Å². The maximum atomic E-state index is 12.6. The number of hydrogen-bond donors (Lipinski definition) is 4. The van der Waals surface area contributed by atoms with E-state index in [-0.39, 0.29) is 36.8 Å². The minimum atomic E-state index is -5.08. The number of likely N-dealkylation sites (N-methyl/N-ethyl adjacent to an activating group) is 1. The summed E-state index contributed by atoms with van der Waals surface area (Å²) in [5.74, 6) is -5.01. The van der Waals surface area contributed by atoms with Crippen molar-refractivity contribution in [2.24, 2.45) is 0 Å². The lowest BCUT2D eigenvalue weighted by Gasteiger charge is -2.61. The lowest BCUT2D eigenvalue weighted by atomic mass is 9.50. The molecule has 0 unspecified atom stereocenters. The number of halogens is 3. The zero-order valence-corrected chi connectivity index (χ0v) is 21.9. The minimum Gasteiger partial charge on any atom is -0.504 e. The van der Waals surface area contributed by atoms with Crippen LogP contribution in [0.3, 0.4) is 0 Å². The van der Waals surface area contributed by atoms with Gasteiger partial charge in [-0.15, -0.1) is 0 Å². The van der Waals surface area contributed by atoms with E-state index in [0.29, 0.717) is 25.1 Å². The molecule has 2 aliphatic carbocycles. The number of piperidine rings is 1. The number of aliphatic carboxylic acids is 2. The molecule has 4 N–H and O–H groups in total. The van der Waals surface area contributed by atoms with Gasteiger partial charge in [0.1, 0.15) is 5.76 Å². The Morgan fingerprint density at radius 3 is 2.41 bits per heavy atom. The van der Waals surface area contributed by atoms with Gasteiger partial charge in [0.15, 0.2) is 23.7 Å². The van der Waals surface area contributed by atoms with Gasteiger partial charge in [0.2, 0.25) is 0 Å². The van der Waals surface area contributed by atoms with Crippen molar-refractivity contribution in [1.29, 1.82) is 0 Å². The number of likely N-dealkylation sites (tertiary alicyclic amines) is 1. The van der Waals surface area contributed by atoms with Crippen LogP contribution in [0.2, 0.25) is 0 Å². The monoisotopic (exact) mass is 587 g/mol. The van der Waals surface area contributed by atoms with E-state index >= 15 is 0 Å². The topological polar surface area (TPSA) is 180 Å². The number of carboxylic acid groups (broad SMARTS) is 2. The van der Waals surface area contributed by atoms with Crippen molar-refractivity contribution >= 4 is 23.9 Å². The first-order valence-corrected chi connectivity index (χ1v) is 12.6. The summed E-state index contributed by atoms with van der Waals surface area (Å²) in [6, 6.07) is 3.29. The Kier molecular flexibility index (Phi) is 7.73. The van der Waals surface area contributed by atoms with E-state index in [0.717, 1.165) is 11.1 Å². The third kappa shape index (κ3) is 5.07. The summed E-state index contributed by atoms with van der Waals surface area (Å²) in [6.45, 7) is 1.93. The van der Waals surface area contributed by atoms with Crippen LogP contribution in [0.15, 0.2) is 24.0 Å². The van der Waals surface area contributed by atoms with E-state index in [1.165, 1.54) is 6.92 Å². The third-order valence-corrected chi connectivity index (χ3v) is 8.02. The maximum absolute atomic E-state index is 12.6. The van der Waals surface area contributed by atoms with E-state index in [9.17, 15) is 37.8 Å². The Hall–Kier alpha value is -3.85. The largest absolute Gasteiger partial charge is 0.504 e. The number of rotatable bonds is 6. The van der Waals surface area contributed by atoms with Crippen molar-refractivity contribution in [2.45, 2.75) is 74.5 Å². The second-order valence-corrected chi connectivity index (χ2v) is 10.3. The molecule has 5 rings (SSSR count). The van der Waals surface area contributed by atoms with Gasteiger partial charge in [0.05, 0.1) is 23.9 Å². The molecule has 1 fully saturated rings. The van der Waals surface area contributed by atoms with Crippen molar-refractivity contribution < 1.29 is 67.0 Å². The molecule has 0 amide bonds. The molecule has 2 aliphatic heterocycles. The van der Waals surface area contributed by atoms with Crippen LogP contribution in [0.4, 0.5) is 13.2 Å². The number of nitrogens with zero attached hydrogens (tertiary/aromatic N) is 1. The molecule has 4 aliphatic rings. The van der Waals surface area contributed by atoms with Gasteiger partial charge >= 0.3 is 30.1 Å². The summed E-state index contributed by atoms with van der Waals surface area (Å²) in [6.07, 6.45) is -4.75. The van der Waals surface area contributed by atoms with Gasteiger partial charge in [-0.1, -0.05) is 6.07 Å². The number of aromatic hydroxyl groups is 1. The smallest absolute Gasteiger partial charge is 0.490 e. The van der Waals surface area contributed by atoms with Gasteiger partial charge in [-0.2, -0.15) is 13.2 Å². The Morgan fingerprint density at radius 1 is 1.17 bits per heavy atom. The van der Waals surface area contributed by atoms with Crippen LogP contribution in [0.1, 0.15) is 43.7 Å². The summed E-state index contributed by atoms with van der Waals surface area (Å²) in [5, 5.41) is 38.5. The number of carbonyl (C=O) groups excluding carboxylic acids is 2. The predicted molar refractivity (Wildman–Crippen MR) is 129 cm³/mol. The van der Waals surface area contributed by atoms with Crippen LogP contribution in [-0.4, -0.2) is 92.8 Å². The van der Waals surface area contributed by atoms with Gasteiger partial charge < -0.3 is 39.5 Å². The van der Waals surface area contributed by atoms with Crippen LogP contribution in [0.25, 0.3) is 0 Å². The highest BCUT2D eigenvalue weighted by atomic mass is 19.4. The molecule has 15 heteroatoms. The number of phenolic OH excluding ortho intramolecular Hbond substituents is 1. The predicted octanol–water partition coefficient (Wildman–Crippen LogP) is 1.64. The molecular formula is C26H28F3NO11. The zero-order chi connectivity index (χ0) is 30.5. The Bertz CT molecular complexity index is 1310. The standard InChI is InChI=1S/C24H27NO9.C2HF3O2/c1-12(22(29)30)32-17(27)5-6-18(28)33-15-7-8-24(31)16-11-13-3-4-14(26)20-19(13)23(24,21(15)34-20)9-10-25(16)2;3-2(4,5)1(6)7/h3-4,7,12,16,21,26,31H,5-6,8-11H2,1-2H3,(H,29,30);(H,6,7)/t12-,16+,21-,23-,24+;/m0./s1. The fourth-order valence-electron chi connectivity index (χ4n) is 6.13. The van der Waals surface area contributed by atoms with Gasteiger partial charge in [0, 0.05) is 18.0 Å². The number of phenols is 1. The second-order valence-electron chi connectivity index (χ2n) is 10.3. The lowest BCUT2D eigenvalue weighted by Crippen LogP contribution is -2.74. The Labute approximate surface area is 230 Å². The normalized spacial score (nSPS) is 28.1. The highest BCUT2D eigenvalue weighted by Gasteiger charge is 2.72. The fraction of sp³-hybridized carbons (Fsp3) is 0.538. The van der Waals surface area contributed by atoms with Crippen molar-refractivity contribution in [2.75, 3.05) is 13.6 Å². The summed E-state index contributed by atoms with van der Waals surface area (Å²) < 4.78 is 48.3. The second kappa shape index (κ2) is 10.5. The van der Waals surface area contributed by atoms with E-state index < -0.39 is 53.3 Å². The van der Waals surface area contributed by atoms with Gasteiger partial charge in [-0.3, -0.25) is 9.59 Å². The molecule has 0 saturated carbocycles. The minimum absolute atomic E-state index is 0.0248. The van der Waals surface area contributed by atoms with Crippen molar-refractivity contribution in [3.8, 4) is 11.5 Å². The molecule has 1 aromatic rings. The summed E-state index contributed by atoms with van der Waals surface area (Å²) in [7, 11) is 1.98. The SMILES string of the molecule is C[C@H](OC(=O)CCC(=O)OC1=CC[C@@]2(O)[C@H]3Cc4ccc(O)c5c4[C@@]2(CCN3C)[C@H]1O5)C(=O)O.O=C(O)C(F)(F)F. The summed E-state index contributed by atoms with van der Waals surface area (Å²) in [5.41, 5.74) is -0.244. The van der Waals surface area contributed by atoms with Crippen LogP contribution >= 0.6 is 0 Å². The average Bonchev–Trinajstić information content (AvgIpc) is 3.24. The number of ether oxygens (including phenoxy) is 3. The molecule has 2 bridgehead atoms. The molecule has 1 spiro atoms. The number of alkyl halides is 3. The number of aliphatic hydroxyl groups is 1. The van der Waals surface area contributed by atoms with E-state index in [1.807, 2.05) is 13.1 Å². The molecule has 1 saturated heterocycles. The first-order chi connectivity index (χ1) is 19.0. The Morgan fingerprint density at radius 2 is 1.80 bits per heavy atom. The number of hydrogen-bond acceptors (Lipinski definition) is 10. The first kappa shape index (κ1) is 30.1.